The minimum Gasteiger partial charge on any atom is -0.354 e. The number of hydrogen-bond acceptors (Lipinski definition) is 7. The third kappa shape index (κ3) is 5.19. The zero-order valence-electron chi connectivity index (χ0n) is 18.4. The van der Waals surface area contributed by atoms with Gasteiger partial charge in [0, 0.05) is 25.0 Å². The highest BCUT2D eigenvalue weighted by Crippen LogP contribution is 2.29. The predicted molar refractivity (Wildman–Crippen MR) is 125 cm³/mol. The summed E-state index contributed by atoms with van der Waals surface area (Å²) in [5.74, 6) is -1.03. The SMILES string of the molecule is CC(C)NC(=O)C1CCN(c2nc3ncn(CC(=O)Nc4ccccc4F)c(=O)c3s2)CC1. The number of rotatable bonds is 6. The molecule has 2 amide bonds. The summed E-state index contributed by atoms with van der Waals surface area (Å²) in [6.45, 7) is 4.92. The second-order valence-corrected chi connectivity index (χ2v) is 9.26. The second-order valence-electron chi connectivity index (χ2n) is 8.28. The van der Waals surface area contributed by atoms with Gasteiger partial charge in [0.15, 0.2) is 10.8 Å². The maximum absolute atomic E-state index is 13.8. The third-order valence-corrected chi connectivity index (χ3v) is 6.49. The maximum Gasteiger partial charge on any atom is 0.273 e. The van der Waals surface area contributed by atoms with Crippen molar-refractivity contribution in [1.82, 2.24) is 19.9 Å². The smallest absolute Gasteiger partial charge is 0.273 e. The van der Waals surface area contributed by atoms with E-state index in [1.54, 1.807) is 6.07 Å². The number of aromatic nitrogens is 3. The topological polar surface area (TPSA) is 109 Å². The van der Waals surface area contributed by atoms with Crippen LogP contribution in [0, 0.1) is 11.7 Å². The fraction of sp³-hybridized carbons (Fsp3) is 0.409. The van der Waals surface area contributed by atoms with E-state index in [2.05, 4.69) is 25.5 Å². The van der Waals surface area contributed by atoms with E-state index in [4.69, 9.17) is 0 Å². The van der Waals surface area contributed by atoms with Gasteiger partial charge >= 0.3 is 0 Å². The molecule has 11 heteroatoms. The highest BCUT2D eigenvalue weighted by atomic mass is 32.1. The van der Waals surface area contributed by atoms with E-state index < -0.39 is 11.7 Å². The average molecular weight is 473 g/mol. The zero-order valence-corrected chi connectivity index (χ0v) is 19.2. The molecule has 0 radical (unpaired) electrons. The standard InChI is InChI=1S/C22H25FN6O3S/c1-13(2)25-20(31)14-7-9-28(10-8-14)22-27-19-18(33-22)21(32)29(12-24-19)11-17(30)26-16-6-4-3-5-15(16)23/h3-6,12-14H,7-11H2,1-2H3,(H,25,31)(H,26,30). The van der Waals surface area contributed by atoms with E-state index in [-0.39, 0.29) is 35.7 Å². The molecule has 33 heavy (non-hydrogen) atoms. The van der Waals surface area contributed by atoms with Gasteiger partial charge in [-0.05, 0) is 38.8 Å². The van der Waals surface area contributed by atoms with Gasteiger partial charge in [0.25, 0.3) is 5.56 Å². The van der Waals surface area contributed by atoms with E-state index in [1.165, 1.54) is 40.4 Å². The molecule has 1 aliphatic rings. The molecule has 4 rings (SSSR count). The average Bonchev–Trinajstić information content (AvgIpc) is 3.22. The largest absolute Gasteiger partial charge is 0.354 e. The Kier molecular flexibility index (Phi) is 6.68. The Morgan fingerprint density at radius 3 is 2.67 bits per heavy atom. The van der Waals surface area contributed by atoms with Crippen LogP contribution in [0.3, 0.4) is 0 Å². The number of amides is 2. The van der Waals surface area contributed by atoms with Crippen LogP contribution in [0.5, 0.6) is 0 Å². The first-order chi connectivity index (χ1) is 15.8. The van der Waals surface area contributed by atoms with Crippen molar-refractivity contribution in [3.63, 3.8) is 0 Å². The van der Waals surface area contributed by atoms with Crippen molar-refractivity contribution in [2.24, 2.45) is 5.92 Å². The Hall–Kier alpha value is -3.34. The van der Waals surface area contributed by atoms with Crippen LogP contribution in [0.25, 0.3) is 10.3 Å². The molecule has 0 unspecified atom stereocenters. The van der Waals surface area contributed by atoms with Crippen LogP contribution in [-0.4, -0.2) is 45.5 Å². The Morgan fingerprint density at radius 2 is 1.97 bits per heavy atom. The van der Waals surface area contributed by atoms with Crippen LogP contribution in [0.4, 0.5) is 15.2 Å². The lowest BCUT2D eigenvalue weighted by atomic mass is 9.96. The van der Waals surface area contributed by atoms with Crippen LogP contribution in [0.2, 0.25) is 0 Å². The summed E-state index contributed by atoms with van der Waals surface area (Å²) in [6, 6.07) is 5.94. The van der Waals surface area contributed by atoms with Gasteiger partial charge in [0.05, 0.1) is 5.69 Å². The summed E-state index contributed by atoms with van der Waals surface area (Å²) in [7, 11) is 0. The molecule has 1 fully saturated rings. The van der Waals surface area contributed by atoms with Gasteiger partial charge in [-0.2, -0.15) is 4.98 Å². The Balaban J connectivity index is 1.44. The normalized spacial score (nSPS) is 14.6. The number of hydrogen-bond donors (Lipinski definition) is 2. The number of para-hydroxylation sites is 1. The molecule has 0 atom stereocenters. The van der Waals surface area contributed by atoms with Crippen molar-refractivity contribution in [3.8, 4) is 0 Å². The van der Waals surface area contributed by atoms with Crippen LogP contribution >= 0.6 is 11.3 Å². The van der Waals surface area contributed by atoms with Gasteiger partial charge in [-0.1, -0.05) is 23.5 Å². The fourth-order valence-electron chi connectivity index (χ4n) is 3.73. The molecule has 2 N–H and O–H groups in total. The number of anilines is 2. The van der Waals surface area contributed by atoms with E-state index >= 15 is 0 Å². The Morgan fingerprint density at radius 1 is 1.24 bits per heavy atom. The van der Waals surface area contributed by atoms with Crippen LogP contribution in [0.1, 0.15) is 26.7 Å². The number of benzene rings is 1. The van der Waals surface area contributed by atoms with Gasteiger partial charge in [-0.15, -0.1) is 0 Å². The first-order valence-electron chi connectivity index (χ1n) is 10.8. The molecule has 0 saturated carbocycles. The summed E-state index contributed by atoms with van der Waals surface area (Å²) in [5.41, 5.74) is -0.000733. The molecule has 3 aromatic rings. The van der Waals surface area contributed by atoms with E-state index in [0.29, 0.717) is 41.4 Å². The van der Waals surface area contributed by atoms with Crippen LogP contribution in [-0.2, 0) is 16.1 Å². The summed E-state index contributed by atoms with van der Waals surface area (Å²) in [4.78, 5) is 48.2. The zero-order chi connectivity index (χ0) is 23.5. The number of carbonyl (C=O) groups excluding carboxylic acids is 2. The first kappa shape index (κ1) is 22.8. The molecular weight excluding hydrogens is 447 g/mol. The number of nitrogens with zero attached hydrogens (tertiary/aromatic N) is 4. The fourth-order valence-corrected chi connectivity index (χ4v) is 4.75. The van der Waals surface area contributed by atoms with Crippen molar-refractivity contribution in [2.75, 3.05) is 23.3 Å². The lowest BCUT2D eigenvalue weighted by molar-refractivity contribution is -0.126. The minimum absolute atomic E-state index is 0.0265. The number of fused-ring (bicyclic) bond motifs is 1. The third-order valence-electron chi connectivity index (χ3n) is 5.40. The monoisotopic (exact) mass is 472 g/mol. The number of piperidine rings is 1. The molecule has 2 aromatic heterocycles. The number of nitrogens with one attached hydrogen (secondary N) is 2. The number of carbonyl (C=O) groups is 2. The lowest BCUT2D eigenvalue weighted by Gasteiger charge is -2.31. The van der Waals surface area contributed by atoms with Crippen LogP contribution in [0.15, 0.2) is 35.4 Å². The quantitative estimate of drug-likeness (QED) is 0.570. The van der Waals surface area contributed by atoms with Gasteiger partial charge in [-0.3, -0.25) is 19.0 Å². The molecular formula is C22H25FN6O3S. The van der Waals surface area contributed by atoms with Gasteiger partial charge < -0.3 is 15.5 Å². The Bertz CT molecular complexity index is 1230. The minimum atomic E-state index is -0.552. The maximum atomic E-state index is 13.8. The van der Waals surface area contributed by atoms with Crippen molar-refractivity contribution in [1.29, 1.82) is 0 Å². The molecule has 1 saturated heterocycles. The van der Waals surface area contributed by atoms with Crippen molar-refractivity contribution in [2.45, 2.75) is 39.3 Å². The first-order valence-corrected chi connectivity index (χ1v) is 11.6. The lowest BCUT2D eigenvalue weighted by Crippen LogP contribution is -2.42. The molecule has 0 bridgehead atoms. The molecule has 1 aliphatic heterocycles. The summed E-state index contributed by atoms with van der Waals surface area (Å²) in [6.07, 6.45) is 2.70. The van der Waals surface area contributed by atoms with E-state index in [9.17, 15) is 18.8 Å². The number of thiazole rings is 1. The summed E-state index contributed by atoms with van der Waals surface area (Å²) >= 11 is 1.23. The highest BCUT2D eigenvalue weighted by Gasteiger charge is 2.27. The van der Waals surface area contributed by atoms with Gasteiger partial charge in [-0.25, -0.2) is 9.37 Å². The summed E-state index contributed by atoms with van der Waals surface area (Å²) in [5, 5.41) is 6.09. The molecule has 9 nitrogen and oxygen atoms in total. The van der Waals surface area contributed by atoms with Crippen molar-refractivity contribution in [3.05, 3.63) is 46.8 Å². The van der Waals surface area contributed by atoms with Crippen molar-refractivity contribution >= 4 is 44.3 Å². The molecule has 1 aromatic carbocycles. The van der Waals surface area contributed by atoms with Crippen molar-refractivity contribution < 1.29 is 14.0 Å². The van der Waals surface area contributed by atoms with E-state index in [1.807, 2.05) is 13.8 Å². The second kappa shape index (κ2) is 9.65. The van der Waals surface area contributed by atoms with Crippen LogP contribution < -0.4 is 21.1 Å². The molecule has 0 spiro atoms. The Labute approximate surface area is 193 Å². The van der Waals surface area contributed by atoms with Gasteiger partial charge in [0.2, 0.25) is 11.8 Å². The highest BCUT2D eigenvalue weighted by molar-refractivity contribution is 7.22. The predicted octanol–water partition coefficient (Wildman–Crippen LogP) is 2.37. The van der Waals surface area contributed by atoms with Gasteiger partial charge in [0.1, 0.15) is 23.4 Å². The molecule has 0 aliphatic carbocycles. The molecule has 3 heterocycles. The summed E-state index contributed by atoms with van der Waals surface area (Å²) < 4.78 is 15.3. The molecule has 174 valence electrons. The van der Waals surface area contributed by atoms with E-state index in [0.717, 1.165) is 0 Å². The number of halogens is 1.